The van der Waals surface area contributed by atoms with E-state index in [1.54, 1.807) is 0 Å². The smallest absolute Gasteiger partial charge is 0.230 e. The summed E-state index contributed by atoms with van der Waals surface area (Å²) in [5, 5.41) is 15.9. The molecule has 0 aliphatic carbocycles. The molecule has 7 nitrogen and oxygen atoms in total. The van der Waals surface area contributed by atoms with Crippen molar-refractivity contribution in [2.75, 3.05) is 30.8 Å². The summed E-state index contributed by atoms with van der Waals surface area (Å²) in [5.74, 6) is 0.929. The number of allylic oxidation sites excluding steroid dienone is 3. The maximum Gasteiger partial charge on any atom is 0.230 e. The Hall–Kier alpha value is -3.00. The standard InChI is InChI=1S/C24H32N6OS/c1-4-18(2)9-8-12-21(25-3)30-15-13-20(14-16-30)26-23-28-29-24(32-23)27-22(31)17-19-10-6-5-7-11-19/h5-12,20H,4,13-17H2,1-3H3,(H,26,28)(H,27,29,31)/b12-8-,18-9+,25-21+. The summed E-state index contributed by atoms with van der Waals surface area (Å²) in [6.45, 7) is 6.17. The number of benzene rings is 1. The molecule has 32 heavy (non-hydrogen) atoms. The SMILES string of the molecule is CC/C(C)=C/C=C\C(=N/C)N1CCC(Nc2nnc(NC(=O)Cc3ccccc3)s2)CC1. The minimum absolute atomic E-state index is 0.0874. The highest BCUT2D eigenvalue weighted by molar-refractivity contribution is 7.19. The zero-order valence-corrected chi connectivity index (χ0v) is 19.9. The van der Waals surface area contributed by atoms with E-state index < -0.39 is 0 Å². The van der Waals surface area contributed by atoms with Gasteiger partial charge in [0.15, 0.2) is 0 Å². The van der Waals surface area contributed by atoms with E-state index in [0.29, 0.717) is 17.6 Å². The van der Waals surface area contributed by atoms with Gasteiger partial charge in [0, 0.05) is 26.2 Å². The first-order chi connectivity index (χ1) is 15.6. The van der Waals surface area contributed by atoms with Gasteiger partial charge in [-0.25, -0.2) is 0 Å². The van der Waals surface area contributed by atoms with Crippen molar-refractivity contribution in [2.24, 2.45) is 4.99 Å². The lowest BCUT2D eigenvalue weighted by atomic mass is 10.1. The lowest BCUT2D eigenvalue weighted by Crippen LogP contribution is -2.41. The van der Waals surface area contributed by atoms with Crippen molar-refractivity contribution < 1.29 is 4.79 Å². The van der Waals surface area contributed by atoms with Gasteiger partial charge in [-0.3, -0.25) is 9.79 Å². The molecule has 0 unspecified atom stereocenters. The number of hydrogen-bond acceptors (Lipinski definition) is 6. The number of amidine groups is 1. The molecule has 2 N–H and O–H groups in total. The molecule has 3 rings (SSSR count). The van der Waals surface area contributed by atoms with Crippen molar-refractivity contribution in [3.8, 4) is 0 Å². The van der Waals surface area contributed by atoms with E-state index in [0.717, 1.165) is 48.9 Å². The number of nitrogens with one attached hydrogen (secondary N) is 2. The van der Waals surface area contributed by atoms with Crippen LogP contribution in [0, 0.1) is 0 Å². The van der Waals surface area contributed by atoms with E-state index in [-0.39, 0.29) is 5.91 Å². The molecule has 0 atom stereocenters. The van der Waals surface area contributed by atoms with Gasteiger partial charge in [0.25, 0.3) is 0 Å². The van der Waals surface area contributed by atoms with Crippen LogP contribution in [0.25, 0.3) is 0 Å². The topological polar surface area (TPSA) is 82.5 Å². The fourth-order valence-electron chi connectivity index (χ4n) is 3.44. The third kappa shape index (κ3) is 7.30. The Balaban J connectivity index is 1.45. The summed E-state index contributed by atoms with van der Waals surface area (Å²) >= 11 is 1.37. The van der Waals surface area contributed by atoms with E-state index >= 15 is 0 Å². The van der Waals surface area contributed by atoms with Crippen LogP contribution in [0.15, 0.2) is 59.1 Å². The first-order valence-corrected chi connectivity index (χ1v) is 11.9. The Morgan fingerprint density at radius 1 is 1.22 bits per heavy atom. The molecule has 2 heterocycles. The minimum Gasteiger partial charge on any atom is -0.357 e. The molecule has 0 saturated carbocycles. The van der Waals surface area contributed by atoms with Gasteiger partial charge in [-0.15, -0.1) is 10.2 Å². The molecule has 8 heteroatoms. The van der Waals surface area contributed by atoms with Crippen LogP contribution in [0.2, 0.25) is 0 Å². The molecule has 2 aromatic rings. The molecule has 1 aliphatic rings. The minimum atomic E-state index is -0.0874. The lowest BCUT2D eigenvalue weighted by molar-refractivity contribution is -0.115. The van der Waals surface area contributed by atoms with Gasteiger partial charge in [0.1, 0.15) is 5.84 Å². The second kappa shape index (κ2) is 12.1. The van der Waals surface area contributed by atoms with Crippen molar-refractivity contribution in [3.63, 3.8) is 0 Å². The molecule has 1 aromatic carbocycles. The van der Waals surface area contributed by atoms with E-state index in [9.17, 15) is 4.79 Å². The largest absolute Gasteiger partial charge is 0.357 e. The number of amides is 1. The molecule has 1 aliphatic heterocycles. The van der Waals surface area contributed by atoms with Crippen molar-refractivity contribution in [1.82, 2.24) is 15.1 Å². The number of piperidine rings is 1. The number of carbonyl (C=O) groups is 1. The zero-order chi connectivity index (χ0) is 22.8. The van der Waals surface area contributed by atoms with Gasteiger partial charge in [-0.05, 0) is 37.8 Å². The molecule has 0 bridgehead atoms. The van der Waals surface area contributed by atoms with E-state index in [2.05, 4.69) is 62.8 Å². The summed E-state index contributed by atoms with van der Waals surface area (Å²) in [7, 11) is 1.84. The second-order valence-electron chi connectivity index (χ2n) is 7.84. The van der Waals surface area contributed by atoms with Gasteiger partial charge >= 0.3 is 0 Å². The van der Waals surface area contributed by atoms with Crippen LogP contribution in [-0.4, -0.2) is 53.0 Å². The highest BCUT2D eigenvalue weighted by Gasteiger charge is 2.21. The van der Waals surface area contributed by atoms with Gasteiger partial charge < -0.3 is 15.5 Å². The fourth-order valence-corrected chi connectivity index (χ4v) is 4.18. The molecular formula is C24H32N6OS. The van der Waals surface area contributed by atoms with Crippen LogP contribution in [-0.2, 0) is 11.2 Å². The first kappa shape index (κ1) is 23.7. The number of rotatable bonds is 8. The molecule has 1 fully saturated rings. The number of nitrogens with zero attached hydrogens (tertiary/aromatic N) is 4. The fraction of sp³-hybridized carbons (Fsp3) is 0.417. The predicted molar refractivity (Wildman–Crippen MR) is 133 cm³/mol. The van der Waals surface area contributed by atoms with Crippen LogP contribution in [0.3, 0.4) is 0 Å². The van der Waals surface area contributed by atoms with Crippen LogP contribution in [0.4, 0.5) is 10.3 Å². The van der Waals surface area contributed by atoms with Crippen LogP contribution < -0.4 is 10.6 Å². The number of aromatic nitrogens is 2. The van der Waals surface area contributed by atoms with E-state index in [1.807, 2.05) is 37.4 Å². The summed E-state index contributed by atoms with van der Waals surface area (Å²) in [6.07, 6.45) is 9.68. The maximum absolute atomic E-state index is 12.2. The lowest BCUT2D eigenvalue weighted by Gasteiger charge is -2.33. The molecule has 0 radical (unpaired) electrons. The average molecular weight is 453 g/mol. The zero-order valence-electron chi connectivity index (χ0n) is 19.0. The second-order valence-corrected chi connectivity index (χ2v) is 8.81. The van der Waals surface area contributed by atoms with E-state index in [4.69, 9.17) is 0 Å². The summed E-state index contributed by atoms with van der Waals surface area (Å²) < 4.78 is 0. The Morgan fingerprint density at radius 3 is 2.62 bits per heavy atom. The van der Waals surface area contributed by atoms with Gasteiger partial charge in [-0.1, -0.05) is 66.3 Å². The van der Waals surface area contributed by atoms with Crippen LogP contribution in [0.5, 0.6) is 0 Å². The van der Waals surface area contributed by atoms with Gasteiger partial charge in [0.2, 0.25) is 16.2 Å². The third-order valence-corrected chi connectivity index (χ3v) is 6.21. The summed E-state index contributed by atoms with van der Waals surface area (Å²) in [6, 6.07) is 10.00. The monoisotopic (exact) mass is 452 g/mol. The summed E-state index contributed by atoms with van der Waals surface area (Å²) in [5.41, 5.74) is 2.33. The molecule has 170 valence electrons. The van der Waals surface area contributed by atoms with Crippen LogP contribution in [0.1, 0.15) is 38.7 Å². The van der Waals surface area contributed by atoms with Gasteiger partial charge in [0.05, 0.1) is 6.42 Å². The number of aliphatic imine (C=N–C) groups is 1. The molecule has 1 saturated heterocycles. The van der Waals surface area contributed by atoms with Crippen LogP contribution >= 0.6 is 11.3 Å². The Labute approximate surface area is 194 Å². The molecule has 1 amide bonds. The predicted octanol–water partition coefficient (Wildman–Crippen LogP) is 4.54. The van der Waals surface area contributed by atoms with Crippen molar-refractivity contribution in [3.05, 3.63) is 59.7 Å². The molecule has 0 spiro atoms. The highest BCUT2D eigenvalue weighted by Crippen LogP contribution is 2.23. The Morgan fingerprint density at radius 2 is 1.94 bits per heavy atom. The maximum atomic E-state index is 12.2. The van der Waals surface area contributed by atoms with Gasteiger partial charge in [-0.2, -0.15) is 0 Å². The van der Waals surface area contributed by atoms with E-state index in [1.165, 1.54) is 16.9 Å². The normalized spacial score (nSPS) is 15.9. The summed E-state index contributed by atoms with van der Waals surface area (Å²) in [4.78, 5) is 19.0. The highest BCUT2D eigenvalue weighted by atomic mass is 32.1. The average Bonchev–Trinajstić information content (AvgIpc) is 3.24. The first-order valence-electron chi connectivity index (χ1n) is 11.1. The third-order valence-electron chi connectivity index (χ3n) is 5.44. The number of anilines is 2. The quantitative estimate of drug-likeness (QED) is 0.349. The number of likely N-dealkylation sites (tertiary alicyclic amines) is 1. The Kier molecular flexibility index (Phi) is 8.98. The van der Waals surface area contributed by atoms with Crippen molar-refractivity contribution in [2.45, 2.75) is 45.6 Å². The Bertz CT molecular complexity index is 958. The number of hydrogen-bond donors (Lipinski definition) is 2. The number of carbonyl (C=O) groups excluding carboxylic acids is 1. The molecule has 1 aromatic heterocycles. The van der Waals surface area contributed by atoms with Crippen molar-refractivity contribution in [1.29, 1.82) is 0 Å². The molecular weight excluding hydrogens is 420 g/mol. The van der Waals surface area contributed by atoms with Crippen molar-refractivity contribution >= 4 is 33.3 Å².